The summed E-state index contributed by atoms with van der Waals surface area (Å²) in [5, 5.41) is 5.57. The average Bonchev–Trinajstić information content (AvgIpc) is 2.82. The molecule has 1 aromatic carbocycles. The van der Waals surface area contributed by atoms with E-state index in [-0.39, 0.29) is 0 Å². The first-order chi connectivity index (χ1) is 8.57. The van der Waals surface area contributed by atoms with Crippen LogP contribution in [0.15, 0.2) is 41.9 Å². The van der Waals surface area contributed by atoms with Crippen LogP contribution in [0.4, 0.5) is 0 Å². The SMILES string of the molecule is CP(=O)(O)C(NCc1ccccc1)c1nccs1. The lowest BCUT2D eigenvalue weighted by molar-refractivity contribution is 0.454. The van der Waals surface area contributed by atoms with Crippen molar-refractivity contribution < 1.29 is 9.46 Å². The van der Waals surface area contributed by atoms with Crippen molar-refractivity contribution in [2.45, 2.75) is 12.3 Å². The van der Waals surface area contributed by atoms with Gasteiger partial charge in [-0.05, 0) is 5.56 Å². The van der Waals surface area contributed by atoms with E-state index >= 15 is 0 Å². The minimum atomic E-state index is -3.26. The fraction of sp³-hybridized carbons (Fsp3) is 0.250. The van der Waals surface area contributed by atoms with Gasteiger partial charge in [-0.25, -0.2) is 4.98 Å². The van der Waals surface area contributed by atoms with Crippen LogP contribution in [0.3, 0.4) is 0 Å². The Morgan fingerprint density at radius 3 is 2.72 bits per heavy atom. The Morgan fingerprint density at radius 1 is 1.44 bits per heavy atom. The van der Waals surface area contributed by atoms with Gasteiger partial charge in [-0.15, -0.1) is 11.3 Å². The normalized spacial score (nSPS) is 16.1. The highest BCUT2D eigenvalue weighted by Gasteiger charge is 2.28. The van der Waals surface area contributed by atoms with Gasteiger partial charge in [0.05, 0.1) is 0 Å². The van der Waals surface area contributed by atoms with E-state index in [0.717, 1.165) is 5.56 Å². The zero-order valence-electron chi connectivity index (χ0n) is 9.98. The first kappa shape index (κ1) is 13.4. The summed E-state index contributed by atoms with van der Waals surface area (Å²) in [6.07, 6.45) is 1.65. The molecule has 0 fully saturated rings. The molecule has 2 atom stereocenters. The molecule has 0 aliphatic heterocycles. The predicted molar refractivity (Wildman–Crippen MR) is 73.9 cm³/mol. The molecule has 2 rings (SSSR count). The van der Waals surface area contributed by atoms with Crippen molar-refractivity contribution in [2.75, 3.05) is 6.66 Å². The van der Waals surface area contributed by atoms with E-state index in [0.29, 0.717) is 11.6 Å². The molecule has 0 amide bonds. The lowest BCUT2D eigenvalue weighted by atomic mass is 10.2. The van der Waals surface area contributed by atoms with Crippen molar-refractivity contribution in [1.82, 2.24) is 10.3 Å². The largest absolute Gasteiger partial charge is 0.343 e. The highest BCUT2D eigenvalue weighted by Crippen LogP contribution is 2.50. The van der Waals surface area contributed by atoms with Gasteiger partial charge in [-0.1, -0.05) is 30.3 Å². The van der Waals surface area contributed by atoms with Crippen LogP contribution in [0.25, 0.3) is 0 Å². The third-order valence-corrected chi connectivity index (χ3v) is 4.91. The summed E-state index contributed by atoms with van der Waals surface area (Å²) >= 11 is 1.39. The first-order valence-corrected chi connectivity index (χ1v) is 8.59. The van der Waals surface area contributed by atoms with Crippen LogP contribution in [0.5, 0.6) is 0 Å². The summed E-state index contributed by atoms with van der Waals surface area (Å²) in [6, 6.07) is 9.78. The van der Waals surface area contributed by atoms with Crippen molar-refractivity contribution in [3.05, 3.63) is 52.5 Å². The number of nitrogens with zero attached hydrogens (tertiary/aromatic N) is 1. The Bertz CT molecular complexity index is 524. The van der Waals surface area contributed by atoms with Gasteiger partial charge in [0.2, 0.25) is 7.37 Å². The molecule has 0 spiro atoms. The van der Waals surface area contributed by atoms with Crippen molar-refractivity contribution >= 4 is 18.7 Å². The van der Waals surface area contributed by atoms with Gasteiger partial charge in [0.1, 0.15) is 10.8 Å². The molecule has 0 bridgehead atoms. The number of hydrogen-bond acceptors (Lipinski definition) is 4. The van der Waals surface area contributed by atoms with Crippen molar-refractivity contribution in [2.24, 2.45) is 0 Å². The van der Waals surface area contributed by atoms with Gasteiger partial charge in [-0.2, -0.15) is 0 Å². The second kappa shape index (κ2) is 5.76. The number of thiazole rings is 1. The monoisotopic (exact) mass is 282 g/mol. The number of aromatic nitrogens is 1. The molecule has 0 aliphatic carbocycles. The van der Waals surface area contributed by atoms with E-state index < -0.39 is 13.2 Å². The molecule has 0 aliphatic rings. The molecule has 18 heavy (non-hydrogen) atoms. The maximum atomic E-state index is 11.9. The van der Waals surface area contributed by atoms with Gasteiger partial charge in [0.15, 0.2) is 0 Å². The quantitative estimate of drug-likeness (QED) is 0.828. The van der Waals surface area contributed by atoms with Gasteiger partial charge in [0.25, 0.3) is 0 Å². The highest BCUT2D eigenvalue weighted by atomic mass is 32.1. The Kier molecular flexibility index (Phi) is 4.30. The molecule has 2 aromatic rings. The minimum absolute atomic E-state index is 0.545. The summed E-state index contributed by atoms with van der Waals surface area (Å²) in [6.45, 7) is 1.90. The topological polar surface area (TPSA) is 62.2 Å². The Morgan fingerprint density at radius 2 is 2.17 bits per heavy atom. The summed E-state index contributed by atoms with van der Waals surface area (Å²) in [4.78, 5) is 13.9. The van der Waals surface area contributed by atoms with Crippen LogP contribution in [0.2, 0.25) is 0 Å². The first-order valence-electron chi connectivity index (χ1n) is 5.54. The Labute approximate surface area is 110 Å². The Balaban J connectivity index is 2.10. The maximum absolute atomic E-state index is 11.9. The molecular formula is C12H15N2O2PS. The summed E-state index contributed by atoms with van der Waals surface area (Å²) in [7, 11) is -3.26. The van der Waals surface area contributed by atoms with Gasteiger partial charge < -0.3 is 4.89 Å². The van der Waals surface area contributed by atoms with E-state index in [1.807, 2.05) is 35.7 Å². The van der Waals surface area contributed by atoms with E-state index in [1.165, 1.54) is 18.0 Å². The van der Waals surface area contributed by atoms with Crippen molar-refractivity contribution in [3.8, 4) is 0 Å². The molecule has 2 unspecified atom stereocenters. The van der Waals surface area contributed by atoms with Crippen LogP contribution >= 0.6 is 18.7 Å². The molecule has 6 heteroatoms. The Hall–Kier alpha value is -1.000. The van der Waals surface area contributed by atoms with Crippen LogP contribution in [0.1, 0.15) is 16.4 Å². The van der Waals surface area contributed by atoms with Crippen LogP contribution in [-0.4, -0.2) is 16.5 Å². The number of benzene rings is 1. The molecular weight excluding hydrogens is 267 g/mol. The number of hydrogen-bond donors (Lipinski definition) is 2. The minimum Gasteiger partial charge on any atom is -0.343 e. The maximum Gasteiger partial charge on any atom is 0.220 e. The van der Waals surface area contributed by atoms with Crippen LogP contribution in [0, 0.1) is 0 Å². The van der Waals surface area contributed by atoms with E-state index in [4.69, 9.17) is 0 Å². The van der Waals surface area contributed by atoms with E-state index in [1.54, 1.807) is 6.20 Å². The second-order valence-electron chi connectivity index (χ2n) is 4.08. The lowest BCUT2D eigenvalue weighted by Crippen LogP contribution is -2.20. The highest BCUT2D eigenvalue weighted by molar-refractivity contribution is 7.57. The van der Waals surface area contributed by atoms with Crippen LogP contribution < -0.4 is 5.32 Å². The molecule has 0 saturated carbocycles. The summed E-state index contributed by atoms with van der Waals surface area (Å²) in [5.41, 5.74) is 1.08. The van der Waals surface area contributed by atoms with E-state index in [9.17, 15) is 9.46 Å². The van der Waals surface area contributed by atoms with Gasteiger partial charge in [-0.3, -0.25) is 9.88 Å². The third kappa shape index (κ3) is 3.50. The van der Waals surface area contributed by atoms with Crippen molar-refractivity contribution in [3.63, 3.8) is 0 Å². The lowest BCUT2D eigenvalue weighted by Gasteiger charge is -2.19. The van der Waals surface area contributed by atoms with Crippen LogP contribution in [-0.2, 0) is 11.1 Å². The van der Waals surface area contributed by atoms with Gasteiger partial charge in [0, 0.05) is 24.8 Å². The molecule has 1 aromatic heterocycles. The summed E-state index contributed by atoms with van der Waals surface area (Å²) in [5.74, 6) is -0.599. The molecule has 4 nitrogen and oxygen atoms in total. The average molecular weight is 282 g/mol. The van der Waals surface area contributed by atoms with Gasteiger partial charge >= 0.3 is 0 Å². The molecule has 96 valence electrons. The molecule has 0 saturated heterocycles. The standard InChI is InChI=1S/C12H15N2O2PS/c1-17(15,16)11(12-13-7-8-18-12)14-9-10-5-3-2-4-6-10/h2-8,11,14H,9H2,1H3,(H,15,16). The predicted octanol–water partition coefficient (Wildman–Crippen LogP) is 2.83. The van der Waals surface area contributed by atoms with E-state index in [2.05, 4.69) is 10.3 Å². The molecule has 2 N–H and O–H groups in total. The fourth-order valence-electron chi connectivity index (χ4n) is 1.64. The fourth-order valence-corrected chi connectivity index (χ4v) is 3.91. The zero-order valence-corrected chi connectivity index (χ0v) is 11.7. The molecule has 1 heterocycles. The second-order valence-corrected chi connectivity index (χ2v) is 7.41. The molecule has 0 radical (unpaired) electrons. The van der Waals surface area contributed by atoms with Crippen molar-refractivity contribution in [1.29, 1.82) is 0 Å². The number of nitrogens with one attached hydrogen (secondary N) is 1. The zero-order chi connectivity index (χ0) is 13.0. The number of rotatable bonds is 5. The third-order valence-electron chi connectivity index (χ3n) is 2.51. The smallest absolute Gasteiger partial charge is 0.220 e. The summed E-state index contributed by atoms with van der Waals surface area (Å²) < 4.78 is 11.9.